The lowest BCUT2D eigenvalue weighted by molar-refractivity contribution is 0.0834. The Balaban J connectivity index is 1.48. The van der Waals surface area contributed by atoms with Gasteiger partial charge < -0.3 is 19.7 Å². The monoisotopic (exact) mass is 482 g/mol. The van der Waals surface area contributed by atoms with E-state index >= 15 is 0 Å². The van der Waals surface area contributed by atoms with Crippen LogP contribution in [-0.4, -0.2) is 39.0 Å². The van der Waals surface area contributed by atoms with Crippen molar-refractivity contribution in [3.63, 3.8) is 0 Å². The summed E-state index contributed by atoms with van der Waals surface area (Å²) in [5.41, 5.74) is 8.92. The minimum absolute atomic E-state index is 0.265. The molecule has 188 valence electrons. The van der Waals surface area contributed by atoms with Crippen LogP contribution in [0.1, 0.15) is 42.9 Å². The zero-order valence-electron chi connectivity index (χ0n) is 21.8. The Kier molecular flexibility index (Phi) is 7.74. The van der Waals surface area contributed by atoms with E-state index in [-0.39, 0.29) is 6.04 Å². The second-order valence-electron chi connectivity index (χ2n) is 10.1. The maximum Gasteiger partial charge on any atom is 0.126 e. The van der Waals surface area contributed by atoms with Crippen molar-refractivity contribution in [1.29, 1.82) is 0 Å². The molecule has 2 aliphatic rings. The highest BCUT2D eigenvalue weighted by atomic mass is 16.5. The first-order valence-electron chi connectivity index (χ1n) is 13.3. The first kappa shape index (κ1) is 24.6. The number of hydrogen-bond acceptors (Lipinski definition) is 4. The van der Waals surface area contributed by atoms with Gasteiger partial charge in [-0.05, 0) is 86.3 Å². The fourth-order valence-electron chi connectivity index (χ4n) is 5.48. The highest BCUT2D eigenvalue weighted by molar-refractivity contribution is 5.72. The number of ether oxygens (including phenoxy) is 2. The van der Waals surface area contributed by atoms with Gasteiger partial charge in [0.2, 0.25) is 0 Å². The highest BCUT2D eigenvalue weighted by Crippen LogP contribution is 2.35. The average molecular weight is 483 g/mol. The summed E-state index contributed by atoms with van der Waals surface area (Å²) in [6.45, 7) is 7.74. The van der Waals surface area contributed by atoms with Crippen LogP contribution < -0.4 is 15.0 Å². The zero-order valence-corrected chi connectivity index (χ0v) is 21.8. The van der Waals surface area contributed by atoms with Crippen molar-refractivity contribution in [2.75, 3.05) is 31.8 Å². The summed E-state index contributed by atoms with van der Waals surface area (Å²) in [5.74, 6) is 0.974. The van der Waals surface area contributed by atoms with Crippen molar-refractivity contribution in [3.8, 4) is 16.9 Å². The van der Waals surface area contributed by atoms with Gasteiger partial charge in [-0.15, -0.1) is 0 Å². The van der Waals surface area contributed by atoms with Gasteiger partial charge in [0.15, 0.2) is 0 Å². The number of nitrogens with one attached hydrogen (secondary N) is 1. The van der Waals surface area contributed by atoms with E-state index < -0.39 is 0 Å². The van der Waals surface area contributed by atoms with Gasteiger partial charge in [0.25, 0.3) is 0 Å². The van der Waals surface area contributed by atoms with E-state index in [1.807, 2.05) is 7.05 Å². The fourth-order valence-corrected chi connectivity index (χ4v) is 5.48. The van der Waals surface area contributed by atoms with Crippen LogP contribution in [0.25, 0.3) is 17.2 Å². The number of rotatable bonds is 7. The molecular weight excluding hydrogens is 444 g/mol. The summed E-state index contributed by atoms with van der Waals surface area (Å²) in [6.07, 6.45) is 5.42. The summed E-state index contributed by atoms with van der Waals surface area (Å²) < 4.78 is 11.9. The third-order valence-electron chi connectivity index (χ3n) is 7.54. The molecule has 3 aromatic rings. The third-order valence-corrected chi connectivity index (χ3v) is 7.54. The van der Waals surface area contributed by atoms with E-state index in [1.54, 1.807) is 0 Å². The van der Waals surface area contributed by atoms with Gasteiger partial charge in [-0.25, -0.2) is 0 Å². The van der Waals surface area contributed by atoms with Crippen LogP contribution in [0.3, 0.4) is 0 Å². The normalized spacial score (nSPS) is 16.9. The number of benzene rings is 3. The molecule has 3 aromatic carbocycles. The van der Waals surface area contributed by atoms with Gasteiger partial charge in [-0.3, -0.25) is 0 Å². The van der Waals surface area contributed by atoms with Crippen LogP contribution in [-0.2, 0) is 11.3 Å². The molecule has 36 heavy (non-hydrogen) atoms. The van der Waals surface area contributed by atoms with Gasteiger partial charge >= 0.3 is 0 Å². The third kappa shape index (κ3) is 5.50. The van der Waals surface area contributed by atoms with Crippen molar-refractivity contribution in [2.45, 2.75) is 51.7 Å². The van der Waals surface area contributed by atoms with Crippen LogP contribution in [0.4, 0.5) is 5.69 Å². The van der Waals surface area contributed by atoms with E-state index in [0.29, 0.717) is 12.6 Å². The second-order valence-corrected chi connectivity index (χ2v) is 10.1. The van der Waals surface area contributed by atoms with E-state index in [0.717, 1.165) is 44.8 Å². The van der Waals surface area contributed by atoms with Crippen LogP contribution in [0.5, 0.6) is 5.75 Å². The Morgan fingerprint density at radius 1 is 0.917 bits per heavy atom. The highest BCUT2D eigenvalue weighted by Gasteiger charge is 2.29. The second kappa shape index (κ2) is 11.3. The number of fused-ring (bicyclic) bond motifs is 1. The summed E-state index contributed by atoms with van der Waals surface area (Å²) in [7, 11) is 1.99. The Morgan fingerprint density at radius 3 is 2.36 bits per heavy atom. The Bertz CT molecular complexity index is 1180. The zero-order chi connectivity index (χ0) is 24.9. The summed E-state index contributed by atoms with van der Waals surface area (Å²) in [6, 6.07) is 25.1. The molecule has 1 unspecified atom stereocenters. The lowest BCUT2D eigenvalue weighted by atomic mass is 9.95. The predicted molar refractivity (Wildman–Crippen MR) is 150 cm³/mol. The van der Waals surface area contributed by atoms with Gasteiger partial charge in [0.1, 0.15) is 5.75 Å². The van der Waals surface area contributed by atoms with Gasteiger partial charge in [-0.1, -0.05) is 48.0 Å². The number of aryl methyl sites for hydroxylation is 1. The van der Waals surface area contributed by atoms with Crippen molar-refractivity contribution in [3.05, 3.63) is 89.0 Å². The molecule has 0 aliphatic carbocycles. The molecular formula is C32H38N2O2. The number of nitrogens with zero attached hydrogens (tertiary/aromatic N) is 1. The largest absolute Gasteiger partial charge is 0.493 e. The molecule has 0 amide bonds. The lowest BCUT2D eigenvalue weighted by Crippen LogP contribution is -2.46. The molecule has 0 spiro atoms. The maximum atomic E-state index is 6.21. The van der Waals surface area contributed by atoms with Crippen molar-refractivity contribution >= 4 is 11.8 Å². The molecule has 0 aromatic heterocycles. The minimum Gasteiger partial charge on any atom is -0.493 e. The lowest BCUT2D eigenvalue weighted by Gasteiger charge is -2.41. The summed E-state index contributed by atoms with van der Waals surface area (Å²) in [4.78, 5) is 2.63. The SMILES string of the molecule is CNCc1ccc(N(C2CCOCC2)C(C)C2=Cc3cc(-c4ccc(C)cc4)ccc3OCC2)cc1. The van der Waals surface area contributed by atoms with E-state index in [9.17, 15) is 0 Å². The molecule has 0 bridgehead atoms. The predicted octanol–water partition coefficient (Wildman–Crippen LogP) is 6.62. The van der Waals surface area contributed by atoms with Gasteiger partial charge in [0.05, 0.1) is 6.61 Å². The molecule has 0 saturated carbocycles. The molecule has 1 saturated heterocycles. The number of hydrogen-bond donors (Lipinski definition) is 1. The molecule has 4 nitrogen and oxygen atoms in total. The summed E-state index contributed by atoms with van der Waals surface area (Å²) >= 11 is 0. The standard InChI is InChI=1S/C32H38N2O2/c1-23-4-8-26(9-5-23)28-10-13-32-29(21-28)20-27(14-19-36-32)24(2)34(31-15-17-35-18-16-31)30-11-6-25(7-12-30)22-33-3/h4-13,20-21,24,31,33H,14-19,22H2,1-3H3. The first-order valence-corrected chi connectivity index (χ1v) is 13.3. The average Bonchev–Trinajstić information content (AvgIpc) is 3.13. The van der Waals surface area contributed by atoms with Gasteiger partial charge in [0, 0.05) is 49.5 Å². The quantitative estimate of drug-likeness (QED) is 0.410. The van der Waals surface area contributed by atoms with Crippen molar-refractivity contribution in [2.24, 2.45) is 0 Å². The maximum absolute atomic E-state index is 6.21. The van der Waals surface area contributed by atoms with Crippen LogP contribution in [0.15, 0.2) is 72.3 Å². The van der Waals surface area contributed by atoms with E-state index in [1.165, 1.54) is 39.1 Å². The molecule has 1 fully saturated rings. The molecule has 1 atom stereocenters. The van der Waals surface area contributed by atoms with Crippen LogP contribution in [0, 0.1) is 6.92 Å². The Hall–Kier alpha value is -3.08. The van der Waals surface area contributed by atoms with E-state index in [2.05, 4.69) is 96.9 Å². The van der Waals surface area contributed by atoms with Gasteiger partial charge in [-0.2, -0.15) is 0 Å². The molecule has 4 heteroatoms. The number of anilines is 1. The first-order chi connectivity index (χ1) is 17.6. The smallest absolute Gasteiger partial charge is 0.126 e. The van der Waals surface area contributed by atoms with Crippen molar-refractivity contribution in [1.82, 2.24) is 5.32 Å². The molecule has 1 N–H and O–H groups in total. The topological polar surface area (TPSA) is 33.7 Å². The molecule has 0 radical (unpaired) electrons. The molecule has 2 heterocycles. The van der Waals surface area contributed by atoms with Crippen molar-refractivity contribution < 1.29 is 9.47 Å². The Labute approximate surface area is 215 Å². The molecule has 2 aliphatic heterocycles. The van der Waals surface area contributed by atoms with Crippen LogP contribution in [0.2, 0.25) is 0 Å². The minimum atomic E-state index is 0.265. The summed E-state index contributed by atoms with van der Waals surface area (Å²) in [5, 5.41) is 3.25. The van der Waals surface area contributed by atoms with Crippen LogP contribution >= 0.6 is 0 Å². The Morgan fingerprint density at radius 2 is 1.64 bits per heavy atom. The van der Waals surface area contributed by atoms with E-state index in [4.69, 9.17) is 9.47 Å². The fraction of sp³-hybridized carbons (Fsp3) is 0.375. The molecule has 5 rings (SSSR count).